The molecule has 0 saturated carbocycles. The Labute approximate surface area is 219 Å². The maximum absolute atomic E-state index is 15.0. The summed E-state index contributed by atoms with van der Waals surface area (Å²) >= 11 is 4.76. The predicted octanol–water partition coefficient (Wildman–Crippen LogP) is 1.80. The number of rotatable bonds is 7. The van der Waals surface area contributed by atoms with E-state index in [1.807, 2.05) is 11.8 Å². The van der Waals surface area contributed by atoms with Crippen molar-refractivity contribution in [2.24, 2.45) is 5.73 Å². The van der Waals surface area contributed by atoms with Gasteiger partial charge in [0, 0.05) is 26.2 Å². The van der Waals surface area contributed by atoms with E-state index in [9.17, 15) is 14.4 Å². The van der Waals surface area contributed by atoms with E-state index in [-0.39, 0.29) is 30.7 Å². The Balaban J connectivity index is 1.28. The number of amides is 2. The van der Waals surface area contributed by atoms with E-state index in [0.717, 1.165) is 5.56 Å². The third-order valence-electron chi connectivity index (χ3n) is 6.21. The van der Waals surface area contributed by atoms with Gasteiger partial charge in [-0.25, -0.2) is 14.0 Å². The molecule has 0 bridgehead atoms. The van der Waals surface area contributed by atoms with Crippen molar-refractivity contribution in [1.82, 2.24) is 10.2 Å². The summed E-state index contributed by atoms with van der Waals surface area (Å²) < 4.78 is 25.4. The molecular weight excluding hydrogens is 501 g/mol. The number of thiocarbonyl (C=S) groups is 1. The first kappa shape index (κ1) is 26.1. The molecule has 2 aromatic carbocycles. The van der Waals surface area contributed by atoms with Gasteiger partial charge in [0.05, 0.1) is 30.0 Å². The highest BCUT2D eigenvalue weighted by Gasteiger charge is 2.33. The van der Waals surface area contributed by atoms with Crippen molar-refractivity contribution < 1.29 is 28.2 Å². The molecule has 2 aliphatic rings. The quantitative estimate of drug-likeness (QED) is 0.409. The Bertz CT molecular complexity index is 1190. The van der Waals surface area contributed by atoms with E-state index in [1.165, 1.54) is 11.0 Å². The van der Waals surface area contributed by atoms with Gasteiger partial charge in [0.1, 0.15) is 11.9 Å². The average Bonchev–Trinajstić information content (AvgIpc) is 3.26. The minimum atomic E-state index is -0.572. The summed E-state index contributed by atoms with van der Waals surface area (Å²) in [6.45, 7) is 3.61. The lowest BCUT2D eigenvalue weighted by molar-refractivity contribution is -0.134. The highest BCUT2D eigenvalue weighted by Crippen LogP contribution is 2.28. The molecule has 0 spiro atoms. The maximum Gasteiger partial charge on any atom is 0.414 e. The molecule has 3 N–H and O–H groups in total. The lowest BCUT2D eigenvalue weighted by Gasteiger charge is -2.36. The van der Waals surface area contributed by atoms with Crippen LogP contribution in [0.25, 0.3) is 0 Å². The fourth-order valence-corrected chi connectivity index (χ4v) is 4.24. The lowest BCUT2D eigenvalue weighted by atomic mass is 10.1. The van der Waals surface area contributed by atoms with Gasteiger partial charge in [0.2, 0.25) is 0 Å². The van der Waals surface area contributed by atoms with Crippen LogP contribution in [0.3, 0.4) is 0 Å². The zero-order chi connectivity index (χ0) is 26.5. The highest BCUT2D eigenvalue weighted by molar-refractivity contribution is 7.80. The van der Waals surface area contributed by atoms with Gasteiger partial charge in [-0.05, 0) is 49.5 Å². The lowest BCUT2D eigenvalue weighted by Crippen LogP contribution is -2.50. The SMILES string of the molecule is Cc1ccc(C(=O)OCC(=O)N2CCN(c3ccc(N4C[C@H](CNC(N)=S)OC4=O)cc3F)CC2)cc1. The summed E-state index contributed by atoms with van der Waals surface area (Å²) in [6, 6.07) is 11.5. The van der Waals surface area contributed by atoms with Gasteiger partial charge in [-0.2, -0.15) is 0 Å². The number of nitrogens with one attached hydrogen (secondary N) is 1. The van der Waals surface area contributed by atoms with Gasteiger partial charge in [0.15, 0.2) is 11.7 Å². The Morgan fingerprint density at radius 1 is 1.16 bits per heavy atom. The minimum Gasteiger partial charge on any atom is -0.452 e. The number of anilines is 2. The number of aryl methyl sites for hydroxylation is 1. The first-order chi connectivity index (χ1) is 17.7. The minimum absolute atomic E-state index is 0.106. The molecule has 0 aromatic heterocycles. The predicted molar refractivity (Wildman–Crippen MR) is 139 cm³/mol. The van der Waals surface area contributed by atoms with Crippen LogP contribution in [-0.2, 0) is 14.3 Å². The monoisotopic (exact) mass is 529 g/mol. The van der Waals surface area contributed by atoms with Crippen molar-refractivity contribution in [2.75, 3.05) is 55.7 Å². The number of carbonyl (C=O) groups excluding carboxylic acids is 3. The molecule has 4 rings (SSSR count). The number of carbonyl (C=O) groups is 3. The van der Waals surface area contributed by atoms with Crippen LogP contribution in [0.5, 0.6) is 0 Å². The number of nitrogens with two attached hydrogens (primary N) is 1. The second kappa shape index (κ2) is 11.4. The van der Waals surface area contributed by atoms with Crippen LogP contribution in [0.15, 0.2) is 42.5 Å². The van der Waals surface area contributed by atoms with E-state index >= 15 is 4.39 Å². The summed E-state index contributed by atoms with van der Waals surface area (Å²) in [5, 5.41) is 2.86. The first-order valence-corrected chi connectivity index (χ1v) is 12.2. The van der Waals surface area contributed by atoms with Gasteiger partial charge in [0.25, 0.3) is 5.91 Å². The Morgan fingerprint density at radius 2 is 1.86 bits per heavy atom. The van der Waals surface area contributed by atoms with Crippen molar-refractivity contribution in [3.63, 3.8) is 0 Å². The number of hydrogen-bond donors (Lipinski definition) is 2. The molecule has 2 heterocycles. The second-order valence-electron chi connectivity index (χ2n) is 8.81. The highest BCUT2D eigenvalue weighted by atomic mass is 32.1. The molecule has 1 atom stereocenters. The van der Waals surface area contributed by atoms with E-state index in [4.69, 9.17) is 27.4 Å². The van der Waals surface area contributed by atoms with Gasteiger partial charge < -0.3 is 30.3 Å². The number of ether oxygens (including phenoxy) is 2. The zero-order valence-corrected chi connectivity index (χ0v) is 21.1. The number of esters is 1. The Morgan fingerprint density at radius 3 is 2.51 bits per heavy atom. The smallest absolute Gasteiger partial charge is 0.414 e. The molecule has 10 nitrogen and oxygen atoms in total. The van der Waals surface area contributed by atoms with Gasteiger partial charge in [-0.15, -0.1) is 0 Å². The molecule has 37 heavy (non-hydrogen) atoms. The van der Waals surface area contributed by atoms with Crippen molar-refractivity contribution in [3.8, 4) is 0 Å². The number of halogens is 1. The molecule has 0 radical (unpaired) electrons. The molecule has 196 valence electrons. The van der Waals surface area contributed by atoms with Crippen molar-refractivity contribution >= 4 is 46.7 Å². The second-order valence-corrected chi connectivity index (χ2v) is 9.25. The molecule has 0 unspecified atom stereocenters. The standard InChI is InChI=1S/C25H28FN5O5S/c1-16-2-4-17(5-3-16)23(33)35-15-22(32)30-10-8-29(9-11-30)21-7-6-18(12-20(21)26)31-14-19(36-25(31)34)13-28-24(27)37/h2-7,12,19H,8-11,13-15H2,1H3,(H3,27,28,37)/t19-/m0/s1. The van der Waals surface area contributed by atoms with E-state index < -0.39 is 24.0 Å². The van der Waals surface area contributed by atoms with Crippen LogP contribution in [-0.4, -0.2) is 80.0 Å². The van der Waals surface area contributed by atoms with Crippen LogP contribution in [0.1, 0.15) is 15.9 Å². The molecular formula is C25H28FN5O5S. The fourth-order valence-electron chi connectivity index (χ4n) is 4.16. The molecule has 2 saturated heterocycles. The number of hydrogen-bond acceptors (Lipinski definition) is 7. The number of benzene rings is 2. The Hall–Kier alpha value is -3.93. The van der Waals surface area contributed by atoms with Crippen LogP contribution in [0, 0.1) is 12.7 Å². The van der Waals surface area contributed by atoms with Crippen molar-refractivity contribution in [2.45, 2.75) is 13.0 Å². The van der Waals surface area contributed by atoms with E-state index in [0.29, 0.717) is 43.1 Å². The summed E-state index contributed by atoms with van der Waals surface area (Å²) in [5.74, 6) is -1.34. The average molecular weight is 530 g/mol. The zero-order valence-electron chi connectivity index (χ0n) is 20.3. The van der Waals surface area contributed by atoms with Crippen LogP contribution in [0.2, 0.25) is 0 Å². The van der Waals surface area contributed by atoms with Crippen molar-refractivity contribution in [1.29, 1.82) is 0 Å². The van der Waals surface area contributed by atoms with E-state index in [2.05, 4.69) is 5.32 Å². The third kappa shape index (κ3) is 6.45. The first-order valence-electron chi connectivity index (χ1n) is 11.8. The number of nitrogens with zero attached hydrogens (tertiary/aromatic N) is 3. The van der Waals surface area contributed by atoms with Gasteiger partial charge in [-0.1, -0.05) is 17.7 Å². The summed E-state index contributed by atoms with van der Waals surface area (Å²) in [7, 11) is 0. The Kier molecular flexibility index (Phi) is 8.07. The molecule has 2 aliphatic heterocycles. The van der Waals surface area contributed by atoms with Crippen LogP contribution < -0.4 is 20.9 Å². The largest absolute Gasteiger partial charge is 0.452 e. The van der Waals surface area contributed by atoms with Crippen LogP contribution in [0.4, 0.5) is 20.6 Å². The number of piperazine rings is 1. The molecule has 2 amide bonds. The third-order valence-corrected chi connectivity index (χ3v) is 6.35. The number of cyclic esters (lactones) is 1. The normalized spacial score (nSPS) is 17.4. The van der Waals surface area contributed by atoms with Gasteiger partial charge in [-0.3, -0.25) is 9.69 Å². The van der Waals surface area contributed by atoms with Gasteiger partial charge >= 0.3 is 12.1 Å². The molecule has 12 heteroatoms. The van der Waals surface area contributed by atoms with Crippen LogP contribution >= 0.6 is 12.2 Å². The summed E-state index contributed by atoms with van der Waals surface area (Å²) in [5.41, 5.74) is 7.57. The van der Waals surface area contributed by atoms with Crippen molar-refractivity contribution in [3.05, 3.63) is 59.4 Å². The summed E-state index contributed by atoms with van der Waals surface area (Å²) in [4.78, 5) is 41.7. The summed E-state index contributed by atoms with van der Waals surface area (Å²) in [6.07, 6.45) is -1.03. The molecule has 2 fully saturated rings. The fraction of sp³-hybridized carbons (Fsp3) is 0.360. The van der Waals surface area contributed by atoms with E-state index in [1.54, 1.807) is 41.3 Å². The maximum atomic E-state index is 15.0. The molecule has 2 aromatic rings. The molecule has 0 aliphatic carbocycles. The topological polar surface area (TPSA) is 117 Å².